The van der Waals surface area contributed by atoms with E-state index in [1.54, 1.807) is 6.07 Å². The summed E-state index contributed by atoms with van der Waals surface area (Å²) in [6.45, 7) is 5.61. The molecular weight excluding hydrogens is 239 g/mol. The molecule has 0 bridgehead atoms. The summed E-state index contributed by atoms with van der Waals surface area (Å²) in [5.41, 5.74) is 3.26. The van der Waals surface area contributed by atoms with Gasteiger partial charge >= 0.3 is 0 Å². The lowest BCUT2D eigenvalue weighted by Gasteiger charge is -2.08. The molecule has 1 heterocycles. The third kappa shape index (κ3) is 2.29. The SMILES string of the molecule is Cc1ccc(F)cc1-c1nc(C)c(C)c(Cl)n1. The minimum atomic E-state index is -0.302. The Bertz CT molecular complexity index is 559. The third-order valence-corrected chi connectivity index (χ3v) is 3.14. The average molecular weight is 251 g/mol. The molecule has 0 saturated heterocycles. The van der Waals surface area contributed by atoms with E-state index in [0.29, 0.717) is 16.5 Å². The summed E-state index contributed by atoms with van der Waals surface area (Å²) in [7, 11) is 0. The molecule has 0 atom stereocenters. The summed E-state index contributed by atoms with van der Waals surface area (Å²) in [6.07, 6.45) is 0. The van der Waals surface area contributed by atoms with Crippen LogP contribution in [0.3, 0.4) is 0 Å². The molecule has 0 aliphatic heterocycles. The van der Waals surface area contributed by atoms with Crippen molar-refractivity contribution in [3.8, 4) is 11.4 Å². The molecule has 17 heavy (non-hydrogen) atoms. The van der Waals surface area contributed by atoms with E-state index in [2.05, 4.69) is 9.97 Å². The molecule has 0 aliphatic rings. The highest BCUT2D eigenvalue weighted by molar-refractivity contribution is 6.30. The van der Waals surface area contributed by atoms with Gasteiger partial charge in [0, 0.05) is 16.8 Å². The summed E-state index contributed by atoms with van der Waals surface area (Å²) < 4.78 is 13.2. The Hall–Kier alpha value is -1.48. The number of nitrogens with zero attached hydrogens (tertiary/aromatic N) is 2. The molecule has 0 unspecified atom stereocenters. The number of rotatable bonds is 1. The number of halogens is 2. The molecule has 4 heteroatoms. The third-order valence-electron chi connectivity index (χ3n) is 2.77. The van der Waals surface area contributed by atoms with Crippen LogP contribution in [0.1, 0.15) is 16.8 Å². The van der Waals surface area contributed by atoms with Crippen molar-refractivity contribution in [2.45, 2.75) is 20.8 Å². The first kappa shape index (κ1) is 12.0. The second-order valence-electron chi connectivity index (χ2n) is 4.01. The fraction of sp³-hybridized carbons (Fsp3) is 0.231. The van der Waals surface area contributed by atoms with Crippen LogP contribution in [0, 0.1) is 26.6 Å². The number of aryl methyl sites for hydroxylation is 2. The van der Waals surface area contributed by atoms with E-state index in [1.807, 2.05) is 20.8 Å². The Kier molecular flexibility index (Phi) is 3.11. The Balaban J connectivity index is 2.64. The number of aromatic nitrogens is 2. The van der Waals surface area contributed by atoms with E-state index in [-0.39, 0.29) is 5.82 Å². The van der Waals surface area contributed by atoms with Gasteiger partial charge in [-0.15, -0.1) is 0 Å². The van der Waals surface area contributed by atoms with Crippen molar-refractivity contribution < 1.29 is 4.39 Å². The summed E-state index contributed by atoms with van der Waals surface area (Å²) in [5, 5.41) is 0.413. The van der Waals surface area contributed by atoms with Crippen LogP contribution in [0.25, 0.3) is 11.4 Å². The van der Waals surface area contributed by atoms with Crippen molar-refractivity contribution in [3.63, 3.8) is 0 Å². The standard InChI is InChI=1S/C13H12ClFN2/c1-7-4-5-10(15)6-11(7)13-16-9(3)8(2)12(14)17-13/h4-6H,1-3H3. The van der Waals surface area contributed by atoms with Crippen LogP contribution >= 0.6 is 11.6 Å². The molecule has 0 radical (unpaired) electrons. The van der Waals surface area contributed by atoms with Gasteiger partial charge in [-0.3, -0.25) is 0 Å². The summed E-state index contributed by atoms with van der Waals surface area (Å²) in [6, 6.07) is 4.55. The van der Waals surface area contributed by atoms with Crippen LogP contribution in [0.5, 0.6) is 0 Å². The predicted octanol–water partition coefficient (Wildman–Crippen LogP) is 3.86. The molecule has 88 valence electrons. The topological polar surface area (TPSA) is 25.8 Å². The molecule has 2 nitrogen and oxygen atoms in total. The molecule has 0 saturated carbocycles. The molecule has 0 fully saturated rings. The van der Waals surface area contributed by atoms with E-state index in [4.69, 9.17) is 11.6 Å². The Morgan fingerprint density at radius 3 is 2.47 bits per heavy atom. The van der Waals surface area contributed by atoms with E-state index in [0.717, 1.165) is 16.8 Å². The number of hydrogen-bond acceptors (Lipinski definition) is 2. The van der Waals surface area contributed by atoms with Gasteiger partial charge in [0.1, 0.15) is 11.0 Å². The number of hydrogen-bond donors (Lipinski definition) is 0. The average Bonchev–Trinajstić information content (AvgIpc) is 2.28. The highest BCUT2D eigenvalue weighted by Crippen LogP contribution is 2.24. The predicted molar refractivity (Wildman–Crippen MR) is 66.6 cm³/mol. The van der Waals surface area contributed by atoms with Gasteiger partial charge in [0.05, 0.1) is 0 Å². The monoisotopic (exact) mass is 250 g/mol. The van der Waals surface area contributed by atoms with Crippen molar-refractivity contribution in [1.82, 2.24) is 9.97 Å². The van der Waals surface area contributed by atoms with Gasteiger partial charge < -0.3 is 0 Å². The molecule has 0 N–H and O–H groups in total. The molecule has 0 amide bonds. The van der Waals surface area contributed by atoms with Crippen LogP contribution in [0.2, 0.25) is 5.15 Å². The van der Waals surface area contributed by atoms with E-state index < -0.39 is 0 Å². The van der Waals surface area contributed by atoms with Crippen LogP contribution in [0.15, 0.2) is 18.2 Å². The fourth-order valence-corrected chi connectivity index (χ4v) is 1.77. The summed E-state index contributed by atoms with van der Waals surface area (Å²) in [5.74, 6) is 0.165. The van der Waals surface area contributed by atoms with Gasteiger partial charge in [-0.2, -0.15) is 0 Å². The highest BCUT2D eigenvalue weighted by Gasteiger charge is 2.10. The molecule has 1 aromatic carbocycles. The maximum absolute atomic E-state index is 13.2. The Morgan fingerprint density at radius 2 is 1.82 bits per heavy atom. The van der Waals surface area contributed by atoms with Crippen molar-refractivity contribution in [2.75, 3.05) is 0 Å². The molecule has 2 aromatic rings. The minimum Gasteiger partial charge on any atom is -0.233 e. The fourth-order valence-electron chi connectivity index (χ4n) is 1.55. The maximum Gasteiger partial charge on any atom is 0.161 e. The Morgan fingerprint density at radius 1 is 1.12 bits per heavy atom. The lowest BCUT2D eigenvalue weighted by atomic mass is 10.1. The van der Waals surface area contributed by atoms with Gasteiger partial charge in [0.2, 0.25) is 0 Å². The molecule has 0 aliphatic carbocycles. The van der Waals surface area contributed by atoms with Gasteiger partial charge in [0.15, 0.2) is 5.82 Å². The van der Waals surface area contributed by atoms with Crippen molar-refractivity contribution in [1.29, 1.82) is 0 Å². The zero-order valence-corrected chi connectivity index (χ0v) is 10.6. The molecule has 1 aromatic heterocycles. The molecule has 0 spiro atoms. The first-order valence-electron chi connectivity index (χ1n) is 5.26. The van der Waals surface area contributed by atoms with E-state index in [1.165, 1.54) is 12.1 Å². The van der Waals surface area contributed by atoms with Crippen LogP contribution < -0.4 is 0 Å². The lowest BCUT2D eigenvalue weighted by molar-refractivity contribution is 0.627. The van der Waals surface area contributed by atoms with Gasteiger partial charge in [-0.1, -0.05) is 17.7 Å². The van der Waals surface area contributed by atoms with E-state index in [9.17, 15) is 4.39 Å². The molecule has 2 rings (SSSR count). The second-order valence-corrected chi connectivity index (χ2v) is 4.37. The second kappa shape index (κ2) is 4.41. The highest BCUT2D eigenvalue weighted by atomic mass is 35.5. The summed E-state index contributed by atoms with van der Waals surface area (Å²) in [4.78, 5) is 8.54. The van der Waals surface area contributed by atoms with Crippen LogP contribution in [0.4, 0.5) is 4.39 Å². The first-order chi connectivity index (χ1) is 7.99. The smallest absolute Gasteiger partial charge is 0.161 e. The van der Waals surface area contributed by atoms with Gasteiger partial charge in [0.25, 0.3) is 0 Å². The lowest BCUT2D eigenvalue weighted by Crippen LogP contribution is -1.98. The van der Waals surface area contributed by atoms with Crippen molar-refractivity contribution in [2.24, 2.45) is 0 Å². The van der Waals surface area contributed by atoms with Gasteiger partial charge in [-0.25, -0.2) is 14.4 Å². The minimum absolute atomic E-state index is 0.302. The first-order valence-corrected chi connectivity index (χ1v) is 5.64. The summed E-state index contributed by atoms with van der Waals surface area (Å²) >= 11 is 6.02. The normalized spacial score (nSPS) is 10.6. The van der Waals surface area contributed by atoms with Gasteiger partial charge in [-0.05, 0) is 38.5 Å². The zero-order valence-electron chi connectivity index (χ0n) is 9.88. The van der Waals surface area contributed by atoms with Crippen molar-refractivity contribution in [3.05, 3.63) is 46.0 Å². The maximum atomic E-state index is 13.2. The van der Waals surface area contributed by atoms with Crippen LogP contribution in [-0.4, -0.2) is 9.97 Å². The van der Waals surface area contributed by atoms with Crippen LogP contribution in [-0.2, 0) is 0 Å². The quantitative estimate of drug-likeness (QED) is 0.718. The van der Waals surface area contributed by atoms with Crippen molar-refractivity contribution >= 4 is 11.6 Å². The Labute approximate surface area is 104 Å². The number of benzene rings is 1. The largest absolute Gasteiger partial charge is 0.233 e. The zero-order chi connectivity index (χ0) is 12.6. The van der Waals surface area contributed by atoms with E-state index >= 15 is 0 Å². The molecular formula is C13H12ClFN2.